The average Bonchev–Trinajstić information content (AvgIpc) is 3.06. The van der Waals surface area contributed by atoms with Crippen LogP contribution >= 0.6 is 0 Å². The topological polar surface area (TPSA) is 64.7 Å². The zero-order chi connectivity index (χ0) is 18.4. The molecule has 140 valence electrons. The van der Waals surface area contributed by atoms with Gasteiger partial charge in [0.05, 0.1) is 6.20 Å². The van der Waals surface area contributed by atoms with E-state index < -0.39 is 0 Å². The van der Waals surface area contributed by atoms with E-state index in [1.165, 1.54) is 23.1 Å². The molecule has 1 aromatic carbocycles. The van der Waals surface area contributed by atoms with E-state index in [0.717, 1.165) is 44.3 Å². The number of rotatable bonds is 6. The van der Waals surface area contributed by atoms with Crippen LogP contribution in [0.25, 0.3) is 0 Å². The van der Waals surface area contributed by atoms with Crippen molar-refractivity contribution in [2.45, 2.75) is 38.1 Å². The fourth-order valence-corrected chi connectivity index (χ4v) is 4.57. The van der Waals surface area contributed by atoms with Crippen molar-refractivity contribution in [2.24, 2.45) is 13.0 Å². The highest BCUT2D eigenvalue weighted by Gasteiger charge is 2.61. The van der Waals surface area contributed by atoms with Crippen molar-refractivity contribution in [3.05, 3.63) is 53.3 Å². The number of hydrogen-bond donors (Lipinski definition) is 0. The molecule has 2 fully saturated rings. The molecule has 1 aliphatic carbocycles. The normalized spacial score (nSPS) is 23.6. The van der Waals surface area contributed by atoms with Gasteiger partial charge in [0, 0.05) is 38.3 Å². The number of tetrazole rings is 1. The maximum absolute atomic E-state index is 4.33. The molecule has 1 saturated carbocycles. The summed E-state index contributed by atoms with van der Waals surface area (Å²) in [5, 5.41) is 16.7. The number of benzene rings is 1. The highest BCUT2D eigenvalue weighted by molar-refractivity contribution is 5.46. The smallest absolute Gasteiger partial charge is 0.245 e. The molecule has 0 radical (unpaired) electrons. The molecule has 5 rings (SSSR count). The molecule has 27 heavy (non-hydrogen) atoms. The van der Waals surface area contributed by atoms with Crippen LogP contribution < -0.4 is 4.90 Å². The quantitative estimate of drug-likeness (QED) is 0.671. The molecule has 0 N–H and O–H groups in total. The maximum Gasteiger partial charge on any atom is 0.245 e. The summed E-state index contributed by atoms with van der Waals surface area (Å²) in [5.74, 6) is 1.64. The van der Waals surface area contributed by atoms with Crippen molar-refractivity contribution < 1.29 is 0 Å². The van der Waals surface area contributed by atoms with E-state index in [1.54, 1.807) is 0 Å². The van der Waals surface area contributed by atoms with E-state index in [4.69, 9.17) is 0 Å². The van der Waals surface area contributed by atoms with Gasteiger partial charge in [-0.15, -0.1) is 0 Å². The Morgan fingerprint density at radius 3 is 2.85 bits per heavy atom. The number of anilines is 1. The summed E-state index contributed by atoms with van der Waals surface area (Å²) >= 11 is 0. The third kappa shape index (κ3) is 2.91. The average molecular weight is 363 g/mol. The molecule has 2 aliphatic rings. The first-order valence-corrected chi connectivity index (χ1v) is 9.70. The van der Waals surface area contributed by atoms with E-state index in [1.807, 2.05) is 22.6 Å². The number of piperidine rings is 1. The molecule has 2 aromatic heterocycles. The van der Waals surface area contributed by atoms with Gasteiger partial charge in [-0.25, -0.2) is 4.68 Å². The molecule has 3 heterocycles. The molecule has 1 saturated heterocycles. The van der Waals surface area contributed by atoms with Crippen molar-refractivity contribution in [2.75, 3.05) is 18.0 Å². The molecule has 0 amide bonds. The van der Waals surface area contributed by atoms with Crippen LogP contribution in [0, 0.1) is 12.8 Å². The Labute approximate surface area is 159 Å². The maximum atomic E-state index is 4.33. The number of nitrogens with zero attached hydrogens (tertiary/aromatic N) is 7. The minimum Gasteiger partial charge on any atom is -0.338 e. The SMILES string of the molecule is Cc1ccc(C23CC2CN(c2nnnn2CCCc2cnn(C)c2)C3)cc1. The summed E-state index contributed by atoms with van der Waals surface area (Å²) in [6, 6.07) is 9.06. The third-order valence-electron chi connectivity index (χ3n) is 6.16. The largest absolute Gasteiger partial charge is 0.338 e. The first-order chi connectivity index (χ1) is 13.1. The summed E-state index contributed by atoms with van der Waals surface area (Å²) in [4.78, 5) is 2.37. The van der Waals surface area contributed by atoms with Gasteiger partial charge in [0.25, 0.3) is 0 Å². The second-order valence-corrected chi connectivity index (χ2v) is 8.13. The van der Waals surface area contributed by atoms with Gasteiger partial charge in [-0.2, -0.15) is 5.10 Å². The highest BCUT2D eigenvalue weighted by Crippen LogP contribution is 2.59. The molecule has 3 aromatic rings. The molecule has 2 atom stereocenters. The Hall–Kier alpha value is -2.70. The van der Waals surface area contributed by atoms with Crippen molar-refractivity contribution in [3.8, 4) is 0 Å². The number of hydrogen-bond acceptors (Lipinski definition) is 5. The summed E-state index contributed by atoms with van der Waals surface area (Å²) in [7, 11) is 1.95. The second-order valence-electron chi connectivity index (χ2n) is 8.13. The fourth-order valence-electron chi connectivity index (χ4n) is 4.57. The van der Waals surface area contributed by atoms with Crippen LogP contribution in [0.4, 0.5) is 5.95 Å². The minimum absolute atomic E-state index is 0.306. The van der Waals surface area contributed by atoms with Gasteiger partial charge in [-0.1, -0.05) is 34.9 Å². The highest BCUT2D eigenvalue weighted by atomic mass is 15.6. The van der Waals surface area contributed by atoms with Crippen LogP contribution in [0.15, 0.2) is 36.7 Å². The van der Waals surface area contributed by atoms with Crippen molar-refractivity contribution >= 4 is 5.95 Å². The lowest BCUT2D eigenvalue weighted by atomic mass is 9.94. The molecule has 0 bridgehead atoms. The molecule has 7 heteroatoms. The van der Waals surface area contributed by atoms with Crippen LogP contribution in [-0.2, 0) is 25.4 Å². The van der Waals surface area contributed by atoms with Crippen molar-refractivity contribution in [3.63, 3.8) is 0 Å². The standard InChI is InChI=1S/C20H25N7/c1-15-5-7-17(8-6-15)20-10-18(20)13-26(14-20)19-22-23-24-27(19)9-3-4-16-11-21-25(2)12-16/h5-8,11-12,18H,3-4,9-10,13-14H2,1-2H3. The first-order valence-electron chi connectivity index (χ1n) is 9.70. The van der Waals surface area contributed by atoms with Gasteiger partial charge in [-0.3, -0.25) is 4.68 Å². The van der Waals surface area contributed by atoms with Crippen molar-refractivity contribution in [1.82, 2.24) is 30.0 Å². The zero-order valence-electron chi connectivity index (χ0n) is 15.9. The van der Waals surface area contributed by atoms with Crippen LogP contribution in [0.2, 0.25) is 0 Å². The number of fused-ring (bicyclic) bond motifs is 1. The summed E-state index contributed by atoms with van der Waals surface area (Å²) in [6.07, 6.45) is 7.28. The van der Waals surface area contributed by atoms with Gasteiger partial charge in [0.1, 0.15) is 0 Å². The Bertz CT molecular complexity index is 941. The van der Waals surface area contributed by atoms with E-state index in [-0.39, 0.29) is 0 Å². The predicted octanol–water partition coefficient (Wildman–Crippen LogP) is 2.13. The predicted molar refractivity (Wildman–Crippen MR) is 103 cm³/mol. The van der Waals surface area contributed by atoms with Crippen LogP contribution in [0.3, 0.4) is 0 Å². The monoisotopic (exact) mass is 363 g/mol. The van der Waals surface area contributed by atoms with Crippen LogP contribution in [0.5, 0.6) is 0 Å². The van der Waals surface area contributed by atoms with Gasteiger partial charge >= 0.3 is 0 Å². The van der Waals surface area contributed by atoms with E-state index in [9.17, 15) is 0 Å². The lowest BCUT2D eigenvalue weighted by Gasteiger charge is -2.21. The minimum atomic E-state index is 0.306. The van der Waals surface area contributed by atoms with E-state index in [0.29, 0.717) is 5.41 Å². The van der Waals surface area contributed by atoms with Gasteiger partial charge in [0.15, 0.2) is 0 Å². The fraction of sp³-hybridized carbons (Fsp3) is 0.500. The molecular formula is C20H25N7. The zero-order valence-corrected chi connectivity index (χ0v) is 15.9. The lowest BCUT2D eigenvalue weighted by Crippen LogP contribution is -2.29. The lowest BCUT2D eigenvalue weighted by molar-refractivity contribution is 0.551. The molecular weight excluding hydrogens is 338 g/mol. The molecule has 1 aliphatic heterocycles. The van der Waals surface area contributed by atoms with E-state index in [2.05, 4.69) is 62.9 Å². The number of aryl methyl sites for hydroxylation is 4. The molecule has 0 spiro atoms. The van der Waals surface area contributed by atoms with Crippen LogP contribution in [0.1, 0.15) is 29.5 Å². The van der Waals surface area contributed by atoms with Gasteiger partial charge in [0.2, 0.25) is 5.95 Å². The van der Waals surface area contributed by atoms with E-state index >= 15 is 0 Å². The summed E-state index contributed by atoms with van der Waals surface area (Å²) < 4.78 is 3.81. The van der Waals surface area contributed by atoms with Gasteiger partial charge < -0.3 is 4.90 Å². The Morgan fingerprint density at radius 1 is 1.22 bits per heavy atom. The molecule has 2 unspecified atom stereocenters. The third-order valence-corrected chi connectivity index (χ3v) is 6.16. The molecule has 7 nitrogen and oxygen atoms in total. The number of aromatic nitrogens is 6. The summed E-state index contributed by atoms with van der Waals surface area (Å²) in [5.41, 5.74) is 4.35. The van der Waals surface area contributed by atoms with Crippen LogP contribution in [-0.4, -0.2) is 43.1 Å². The Kier molecular flexibility index (Phi) is 3.77. The Balaban J connectivity index is 1.26. The summed E-state index contributed by atoms with van der Waals surface area (Å²) in [6.45, 7) is 5.04. The Morgan fingerprint density at radius 2 is 2.07 bits per heavy atom. The van der Waals surface area contributed by atoms with Crippen molar-refractivity contribution in [1.29, 1.82) is 0 Å². The first kappa shape index (κ1) is 16.5. The van der Waals surface area contributed by atoms with Gasteiger partial charge in [-0.05, 0) is 53.7 Å². The second kappa shape index (κ2) is 6.18.